The molecule has 5 nitrogen and oxygen atoms in total. The first-order valence-electron chi connectivity index (χ1n) is 5.21. The van der Waals surface area contributed by atoms with E-state index in [9.17, 15) is 13.2 Å². The van der Waals surface area contributed by atoms with Crippen molar-refractivity contribution in [2.75, 3.05) is 6.26 Å². The lowest BCUT2D eigenvalue weighted by molar-refractivity contribution is -0.121. The SMILES string of the molecule is C[C@@H](NC(=O)[C@H](C)S(C)(=O)=O)c1ccncc1. The lowest BCUT2D eigenvalue weighted by atomic mass is 10.1. The molecule has 2 atom stereocenters. The van der Waals surface area contributed by atoms with E-state index in [2.05, 4.69) is 10.3 Å². The third-order valence-corrected chi connectivity index (χ3v) is 4.07. The number of sulfone groups is 1. The van der Waals surface area contributed by atoms with Crippen molar-refractivity contribution in [3.05, 3.63) is 30.1 Å². The highest BCUT2D eigenvalue weighted by atomic mass is 32.2. The second-order valence-electron chi connectivity index (χ2n) is 3.98. The van der Waals surface area contributed by atoms with Crippen LogP contribution < -0.4 is 5.32 Å². The Morgan fingerprint density at radius 1 is 1.29 bits per heavy atom. The molecule has 94 valence electrons. The van der Waals surface area contributed by atoms with Crippen LogP contribution in [-0.2, 0) is 14.6 Å². The van der Waals surface area contributed by atoms with Crippen LogP contribution in [0.15, 0.2) is 24.5 Å². The monoisotopic (exact) mass is 256 g/mol. The number of nitrogens with zero attached hydrogens (tertiary/aromatic N) is 1. The Bertz CT molecular complexity index is 485. The van der Waals surface area contributed by atoms with Crippen LogP contribution in [0, 0.1) is 0 Å². The van der Waals surface area contributed by atoms with E-state index >= 15 is 0 Å². The molecule has 0 aliphatic rings. The highest BCUT2D eigenvalue weighted by molar-refractivity contribution is 7.92. The Labute approximate surface area is 101 Å². The van der Waals surface area contributed by atoms with E-state index in [0.29, 0.717) is 0 Å². The van der Waals surface area contributed by atoms with Gasteiger partial charge in [0.1, 0.15) is 5.25 Å². The van der Waals surface area contributed by atoms with Crippen molar-refractivity contribution in [3.63, 3.8) is 0 Å². The molecule has 0 bridgehead atoms. The first kappa shape index (κ1) is 13.6. The van der Waals surface area contributed by atoms with Gasteiger partial charge in [0, 0.05) is 18.6 Å². The van der Waals surface area contributed by atoms with E-state index < -0.39 is 21.0 Å². The minimum Gasteiger partial charge on any atom is -0.348 e. The standard InChI is InChI=1S/C11H16N2O3S/c1-8(10-4-6-12-7-5-10)13-11(14)9(2)17(3,15)16/h4-9H,1-3H3,(H,13,14)/t8-,9+/m1/s1. The van der Waals surface area contributed by atoms with Crippen LogP contribution in [0.3, 0.4) is 0 Å². The van der Waals surface area contributed by atoms with Gasteiger partial charge in [0.05, 0.1) is 6.04 Å². The second kappa shape index (κ2) is 5.27. The van der Waals surface area contributed by atoms with E-state index in [0.717, 1.165) is 11.8 Å². The lowest BCUT2D eigenvalue weighted by Gasteiger charge is -2.16. The third-order valence-electron chi connectivity index (χ3n) is 2.58. The van der Waals surface area contributed by atoms with Gasteiger partial charge in [-0.25, -0.2) is 8.42 Å². The van der Waals surface area contributed by atoms with Crippen molar-refractivity contribution in [1.82, 2.24) is 10.3 Å². The molecule has 0 fully saturated rings. The Morgan fingerprint density at radius 2 is 1.82 bits per heavy atom. The van der Waals surface area contributed by atoms with E-state index in [4.69, 9.17) is 0 Å². The number of hydrogen-bond acceptors (Lipinski definition) is 4. The maximum absolute atomic E-state index is 11.7. The van der Waals surface area contributed by atoms with E-state index in [1.165, 1.54) is 6.92 Å². The molecule has 0 aliphatic carbocycles. The van der Waals surface area contributed by atoms with Gasteiger partial charge >= 0.3 is 0 Å². The van der Waals surface area contributed by atoms with Crippen molar-refractivity contribution in [1.29, 1.82) is 0 Å². The summed E-state index contributed by atoms with van der Waals surface area (Å²) in [5.74, 6) is -0.489. The lowest BCUT2D eigenvalue weighted by Crippen LogP contribution is -2.38. The zero-order valence-corrected chi connectivity index (χ0v) is 10.9. The van der Waals surface area contributed by atoms with Gasteiger partial charge in [-0.2, -0.15) is 0 Å². The van der Waals surface area contributed by atoms with Crippen LogP contribution in [0.2, 0.25) is 0 Å². The maximum Gasteiger partial charge on any atom is 0.238 e. The first-order chi connectivity index (χ1) is 7.82. The van der Waals surface area contributed by atoms with E-state index in [1.54, 1.807) is 31.5 Å². The second-order valence-corrected chi connectivity index (χ2v) is 6.35. The molecule has 1 N–H and O–H groups in total. The number of pyridine rings is 1. The predicted molar refractivity (Wildman–Crippen MR) is 65.1 cm³/mol. The molecule has 17 heavy (non-hydrogen) atoms. The normalized spacial score (nSPS) is 15.0. The Hall–Kier alpha value is -1.43. The topological polar surface area (TPSA) is 76.1 Å². The summed E-state index contributed by atoms with van der Waals surface area (Å²) in [7, 11) is -3.35. The maximum atomic E-state index is 11.7. The Morgan fingerprint density at radius 3 is 2.29 bits per heavy atom. The van der Waals surface area contributed by atoms with Gasteiger partial charge < -0.3 is 5.32 Å². The molecule has 0 radical (unpaired) electrons. The summed E-state index contributed by atoms with van der Waals surface area (Å²) in [6.45, 7) is 3.17. The fourth-order valence-electron chi connectivity index (χ4n) is 1.26. The average Bonchev–Trinajstić information content (AvgIpc) is 2.27. The molecule has 0 saturated heterocycles. The van der Waals surface area contributed by atoms with Gasteiger partial charge in [0.2, 0.25) is 5.91 Å². The van der Waals surface area contributed by atoms with Crippen molar-refractivity contribution in [2.24, 2.45) is 0 Å². The quantitative estimate of drug-likeness (QED) is 0.860. The van der Waals surface area contributed by atoms with Crippen LogP contribution >= 0.6 is 0 Å². The molecular formula is C11H16N2O3S. The highest BCUT2D eigenvalue weighted by Crippen LogP contribution is 2.11. The van der Waals surface area contributed by atoms with Gasteiger partial charge in [0.25, 0.3) is 0 Å². The predicted octanol–water partition coefficient (Wildman–Crippen LogP) is 0.692. The third kappa shape index (κ3) is 3.81. The van der Waals surface area contributed by atoms with Crippen molar-refractivity contribution in [3.8, 4) is 0 Å². The summed E-state index contributed by atoms with van der Waals surface area (Å²) in [4.78, 5) is 15.5. The van der Waals surface area contributed by atoms with Crippen LogP contribution in [0.25, 0.3) is 0 Å². The molecular weight excluding hydrogens is 240 g/mol. The van der Waals surface area contributed by atoms with Crippen molar-refractivity contribution >= 4 is 15.7 Å². The summed E-state index contributed by atoms with van der Waals surface area (Å²) < 4.78 is 22.4. The number of carbonyl (C=O) groups is 1. The van der Waals surface area contributed by atoms with Gasteiger partial charge in [-0.3, -0.25) is 9.78 Å². The van der Waals surface area contributed by atoms with Crippen LogP contribution in [0.1, 0.15) is 25.5 Å². The van der Waals surface area contributed by atoms with Gasteiger partial charge in [-0.05, 0) is 31.5 Å². The van der Waals surface area contributed by atoms with E-state index in [1.807, 2.05) is 0 Å². The molecule has 1 heterocycles. The summed E-state index contributed by atoms with van der Waals surface area (Å²) in [6.07, 6.45) is 4.30. The molecule has 0 saturated carbocycles. The minimum absolute atomic E-state index is 0.241. The van der Waals surface area contributed by atoms with Crippen LogP contribution in [0.4, 0.5) is 0 Å². The fraction of sp³-hybridized carbons (Fsp3) is 0.455. The number of aromatic nitrogens is 1. The van der Waals surface area contributed by atoms with Crippen LogP contribution in [-0.4, -0.2) is 30.8 Å². The van der Waals surface area contributed by atoms with Gasteiger partial charge in [-0.15, -0.1) is 0 Å². The number of carbonyl (C=O) groups excluding carboxylic acids is 1. The largest absolute Gasteiger partial charge is 0.348 e. The summed E-state index contributed by atoms with van der Waals surface area (Å²) in [5, 5.41) is 1.62. The zero-order chi connectivity index (χ0) is 13.1. The molecule has 0 spiro atoms. The highest BCUT2D eigenvalue weighted by Gasteiger charge is 2.24. The number of nitrogens with one attached hydrogen (secondary N) is 1. The van der Waals surface area contributed by atoms with Gasteiger partial charge in [-0.1, -0.05) is 0 Å². The zero-order valence-electron chi connectivity index (χ0n) is 10.0. The van der Waals surface area contributed by atoms with Crippen molar-refractivity contribution < 1.29 is 13.2 Å². The van der Waals surface area contributed by atoms with Crippen molar-refractivity contribution in [2.45, 2.75) is 25.1 Å². The number of amides is 1. The smallest absolute Gasteiger partial charge is 0.238 e. The average molecular weight is 256 g/mol. The fourth-order valence-corrected chi connectivity index (χ4v) is 1.72. The first-order valence-corrected chi connectivity index (χ1v) is 7.17. The summed E-state index contributed by atoms with van der Waals surface area (Å²) in [6, 6.07) is 3.31. The number of rotatable bonds is 4. The summed E-state index contributed by atoms with van der Waals surface area (Å²) in [5.41, 5.74) is 0.883. The Kier molecular flexibility index (Phi) is 4.22. The van der Waals surface area contributed by atoms with Gasteiger partial charge in [0.15, 0.2) is 9.84 Å². The molecule has 1 amide bonds. The minimum atomic E-state index is -3.35. The molecule has 6 heteroatoms. The molecule has 0 unspecified atom stereocenters. The van der Waals surface area contributed by atoms with Crippen LogP contribution in [0.5, 0.6) is 0 Å². The summed E-state index contributed by atoms with van der Waals surface area (Å²) >= 11 is 0. The molecule has 0 aliphatic heterocycles. The molecule has 0 aromatic carbocycles. The Balaban J connectivity index is 2.71. The number of hydrogen-bond donors (Lipinski definition) is 1. The molecule has 1 aromatic rings. The van der Waals surface area contributed by atoms with E-state index in [-0.39, 0.29) is 6.04 Å². The molecule has 1 aromatic heterocycles. The molecule has 1 rings (SSSR count).